The molecular formula is C10H13Cl3N4. The van der Waals surface area contributed by atoms with Crippen molar-refractivity contribution in [2.75, 3.05) is 11.9 Å². The lowest BCUT2D eigenvalue weighted by molar-refractivity contribution is 0.905. The maximum atomic E-state index is 6.01. The smallest absolute Gasteiger partial charge is 0.210 e. The molecule has 0 aromatic heterocycles. The van der Waals surface area contributed by atoms with Gasteiger partial charge >= 0.3 is 0 Å². The van der Waals surface area contributed by atoms with E-state index in [9.17, 15) is 0 Å². The van der Waals surface area contributed by atoms with E-state index in [0.717, 1.165) is 6.42 Å². The maximum absolute atomic E-state index is 6.01. The van der Waals surface area contributed by atoms with Gasteiger partial charge in [-0.05, 0) is 18.6 Å². The Balaban J connectivity index is 2.90. The summed E-state index contributed by atoms with van der Waals surface area (Å²) in [4.78, 5) is 4.18. The quantitative estimate of drug-likeness (QED) is 0.264. The third-order valence-electron chi connectivity index (χ3n) is 1.89. The molecule has 0 aliphatic heterocycles. The van der Waals surface area contributed by atoms with Crippen molar-refractivity contribution < 1.29 is 0 Å². The lowest BCUT2D eigenvalue weighted by Gasteiger charge is -2.11. The van der Waals surface area contributed by atoms with Crippen LogP contribution in [0.1, 0.15) is 13.3 Å². The minimum Gasteiger partial charge on any atom is -0.324 e. The number of nitrogens with zero attached hydrogens (tertiary/aromatic N) is 1. The van der Waals surface area contributed by atoms with Crippen LogP contribution >= 0.6 is 34.8 Å². The number of nitrogens with one attached hydrogen (secondary N) is 2. The second-order valence-corrected chi connectivity index (χ2v) is 4.47. The second kappa shape index (κ2) is 6.91. The normalized spacial score (nSPS) is 11.5. The van der Waals surface area contributed by atoms with E-state index in [1.807, 2.05) is 6.92 Å². The number of hydrogen-bond donors (Lipinski definition) is 3. The average molecular weight is 296 g/mol. The molecule has 4 nitrogen and oxygen atoms in total. The predicted octanol–water partition coefficient (Wildman–Crippen LogP) is 3.29. The van der Waals surface area contributed by atoms with Gasteiger partial charge in [-0.1, -0.05) is 41.7 Å². The SMILES string of the molecule is CCCN=C(NN)Nc1cc(Cl)c(Cl)cc1Cl. The third-order valence-corrected chi connectivity index (χ3v) is 2.93. The minimum absolute atomic E-state index is 0.398. The monoisotopic (exact) mass is 294 g/mol. The van der Waals surface area contributed by atoms with Crippen LogP contribution in [0.2, 0.25) is 15.1 Å². The number of hydrazine groups is 1. The van der Waals surface area contributed by atoms with Crippen LogP contribution in [0.5, 0.6) is 0 Å². The standard InChI is InChI=1S/C10H13Cl3N4/c1-2-3-15-10(17-14)16-9-5-7(12)6(11)4-8(9)13/h4-5H,2-3,14H2,1H3,(H2,15,16,17). The third kappa shape index (κ3) is 4.24. The van der Waals surface area contributed by atoms with Crippen LogP contribution in [-0.4, -0.2) is 12.5 Å². The number of anilines is 1. The number of guanidine groups is 1. The molecule has 0 heterocycles. The molecule has 94 valence electrons. The summed E-state index contributed by atoms with van der Waals surface area (Å²) in [5.41, 5.74) is 3.04. The molecule has 0 bridgehead atoms. The van der Waals surface area contributed by atoms with Gasteiger partial charge in [-0.2, -0.15) is 0 Å². The van der Waals surface area contributed by atoms with Gasteiger partial charge < -0.3 is 5.32 Å². The van der Waals surface area contributed by atoms with Crippen molar-refractivity contribution in [1.82, 2.24) is 5.43 Å². The Labute approximate surface area is 115 Å². The predicted molar refractivity (Wildman–Crippen MR) is 75.0 cm³/mol. The summed E-state index contributed by atoms with van der Waals surface area (Å²) in [5.74, 6) is 5.76. The molecule has 0 fully saturated rings. The number of aliphatic imine (C=N–C) groups is 1. The zero-order valence-electron chi connectivity index (χ0n) is 9.23. The van der Waals surface area contributed by atoms with E-state index in [-0.39, 0.29) is 0 Å². The summed E-state index contributed by atoms with van der Waals surface area (Å²) < 4.78 is 0. The molecule has 0 radical (unpaired) electrons. The zero-order valence-corrected chi connectivity index (χ0v) is 11.5. The maximum Gasteiger partial charge on any atom is 0.210 e. The summed E-state index contributed by atoms with van der Waals surface area (Å²) in [7, 11) is 0. The Hall–Kier alpha value is -0.680. The first-order chi connectivity index (χ1) is 8.08. The molecule has 1 aromatic rings. The fraction of sp³-hybridized carbons (Fsp3) is 0.300. The molecule has 1 rings (SSSR count). The van der Waals surface area contributed by atoms with Crippen LogP contribution < -0.4 is 16.6 Å². The number of halogens is 3. The highest BCUT2D eigenvalue weighted by molar-refractivity contribution is 6.44. The second-order valence-electron chi connectivity index (χ2n) is 3.25. The molecule has 1 aromatic carbocycles. The van der Waals surface area contributed by atoms with Crippen LogP contribution in [0, 0.1) is 0 Å². The van der Waals surface area contributed by atoms with E-state index in [4.69, 9.17) is 40.6 Å². The van der Waals surface area contributed by atoms with Crippen LogP contribution in [0.25, 0.3) is 0 Å². The number of benzene rings is 1. The molecule has 0 aliphatic carbocycles. The molecule has 0 saturated carbocycles. The Morgan fingerprint density at radius 1 is 1.24 bits per heavy atom. The van der Waals surface area contributed by atoms with E-state index < -0.39 is 0 Å². The van der Waals surface area contributed by atoms with Gasteiger partial charge in [0.05, 0.1) is 20.8 Å². The van der Waals surface area contributed by atoms with Gasteiger partial charge in [0.2, 0.25) is 5.96 Å². The zero-order chi connectivity index (χ0) is 12.8. The molecule has 17 heavy (non-hydrogen) atoms. The van der Waals surface area contributed by atoms with Crippen molar-refractivity contribution in [3.63, 3.8) is 0 Å². The van der Waals surface area contributed by atoms with Crippen molar-refractivity contribution in [1.29, 1.82) is 0 Å². The van der Waals surface area contributed by atoms with Gasteiger partial charge in [-0.3, -0.25) is 10.4 Å². The highest BCUT2D eigenvalue weighted by atomic mass is 35.5. The highest BCUT2D eigenvalue weighted by Crippen LogP contribution is 2.32. The van der Waals surface area contributed by atoms with Crippen LogP contribution in [0.15, 0.2) is 17.1 Å². The van der Waals surface area contributed by atoms with E-state index in [2.05, 4.69) is 15.7 Å². The first kappa shape index (κ1) is 14.4. The fourth-order valence-corrected chi connectivity index (χ4v) is 1.68. The van der Waals surface area contributed by atoms with Crippen molar-refractivity contribution in [2.24, 2.45) is 10.8 Å². The molecule has 0 aliphatic rings. The Kier molecular flexibility index (Phi) is 5.85. The van der Waals surface area contributed by atoms with Gasteiger partial charge in [0.15, 0.2) is 0 Å². The number of nitrogens with two attached hydrogens (primary N) is 1. The van der Waals surface area contributed by atoms with Crippen molar-refractivity contribution in [3.8, 4) is 0 Å². The molecule has 4 N–H and O–H groups in total. The summed E-state index contributed by atoms with van der Waals surface area (Å²) in [6.07, 6.45) is 0.919. The highest BCUT2D eigenvalue weighted by Gasteiger charge is 2.07. The molecule has 0 spiro atoms. The minimum atomic E-state index is 0.398. The lowest BCUT2D eigenvalue weighted by Crippen LogP contribution is -2.36. The summed E-state index contributed by atoms with van der Waals surface area (Å²) in [6, 6.07) is 3.17. The lowest BCUT2D eigenvalue weighted by atomic mass is 10.3. The molecule has 0 amide bonds. The van der Waals surface area contributed by atoms with Crippen LogP contribution in [0.3, 0.4) is 0 Å². The number of hydrogen-bond acceptors (Lipinski definition) is 2. The van der Waals surface area contributed by atoms with Gasteiger partial charge in [-0.15, -0.1) is 0 Å². The average Bonchev–Trinajstić information content (AvgIpc) is 2.30. The van der Waals surface area contributed by atoms with Gasteiger partial charge in [0, 0.05) is 6.54 Å². The summed E-state index contributed by atoms with van der Waals surface area (Å²) in [5, 5.41) is 4.19. The van der Waals surface area contributed by atoms with E-state index in [1.165, 1.54) is 0 Å². The van der Waals surface area contributed by atoms with Crippen molar-refractivity contribution in [2.45, 2.75) is 13.3 Å². The first-order valence-electron chi connectivity index (χ1n) is 5.01. The molecular weight excluding hydrogens is 282 g/mol. The van der Waals surface area contributed by atoms with E-state index in [1.54, 1.807) is 12.1 Å². The molecule has 0 unspecified atom stereocenters. The summed E-state index contributed by atoms with van der Waals surface area (Å²) >= 11 is 17.7. The van der Waals surface area contributed by atoms with Gasteiger partial charge in [0.1, 0.15) is 0 Å². The molecule has 0 saturated heterocycles. The Bertz CT molecular complexity index is 420. The van der Waals surface area contributed by atoms with Gasteiger partial charge in [-0.25, -0.2) is 5.84 Å². The van der Waals surface area contributed by atoms with Crippen LogP contribution in [-0.2, 0) is 0 Å². The summed E-state index contributed by atoms with van der Waals surface area (Å²) in [6.45, 7) is 2.68. The van der Waals surface area contributed by atoms with Crippen molar-refractivity contribution in [3.05, 3.63) is 27.2 Å². The first-order valence-corrected chi connectivity index (χ1v) is 6.14. The fourth-order valence-electron chi connectivity index (χ4n) is 1.09. The largest absolute Gasteiger partial charge is 0.324 e. The Morgan fingerprint density at radius 2 is 1.88 bits per heavy atom. The molecule has 0 atom stereocenters. The van der Waals surface area contributed by atoms with Gasteiger partial charge in [0.25, 0.3) is 0 Å². The Morgan fingerprint density at radius 3 is 2.47 bits per heavy atom. The topological polar surface area (TPSA) is 62.4 Å². The van der Waals surface area contributed by atoms with Crippen molar-refractivity contribution >= 4 is 46.4 Å². The van der Waals surface area contributed by atoms with E-state index in [0.29, 0.717) is 33.3 Å². The van der Waals surface area contributed by atoms with Crippen LogP contribution in [0.4, 0.5) is 5.69 Å². The molecule has 7 heteroatoms. The number of rotatable bonds is 3. The van der Waals surface area contributed by atoms with E-state index >= 15 is 0 Å².